The van der Waals surface area contributed by atoms with E-state index in [0.717, 1.165) is 4.90 Å². The van der Waals surface area contributed by atoms with Crippen molar-refractivity contribution in [3.63, 3.8) is 0 Å². The number of hydrogen-bond acceptors (Lipinski definition) is 4. The predicted molar refractivity (Wildman–Crippen MR) is 78.7 cm³/mol. The number of urea groups is 1. The number of nitrogens with zero attached hydrogens (tertiary/aromatic N) is 2. The van der Waals surface area contributed by atoms with Crippen molar-refractivity contribution < 1.29 is 14.4 Å². The van der Waals surface area contributed by atoms with Crippen LogP contribution in [-0.4, -0.2) is 34.3 Å². The number of anilines is 1. The zero-order valence-electron chi connectivity index (χ0n) is 12.5. The Hall–Kier alpha value is -2.88. The maximum Gasteiger partial charge on any atom is 0.325 e. The summed E-state index contributed by atoms with van der Waals surface area (Å²) in [5.41, 5.74) is -0.385. The third kappa shape index (κ3) is 2.63. The van der Waals surface area contributed by atoms with E-state index in [2.05, 4.69) is 10.6 Å². The average Bonchev–Trinajstić information content (AvgIpc) is 2.67. The molecule has 1 aromatic carbocycles. The molecule has 7 nitrogen and oxygen atoms in total. The minimum Gasteiger partial charge on any atom is -0.324 e. The summed E-state index contributed by atoms with van der Waals surface area (Å²) in [6, 6.07) is 6.88. The van der Waals surface area contributed by atoms with Gasteiger partial charge in [-0.3, -0.25) is 9.59 Å². The van der Waals surface area contributed by atoms with E-state index >= 15 is 0 Å². The first-order valence-electron chi connectivity index (χ1n) is 6.73. The molecule has 22 heavy (non-hydrogen) atoms. The highest BCUT2D eigenvalue weighted by molar-refractivity contribution is 6.10. The second kappa shape index (κ2) is 5.48. The van der Waals surface area contributed by atoms with Crippen molar-refractivity contribution in [3.8, 4) is 6.07 Å². The molecule has 1 aliphatic heterocycles. The molecule has 1 unspecified atom stereocenters. The standard InChI is InChI=1S/C15H16N4O3/c1-9(19-13(21)15(2,3)18-14(19)22)12(20)17-11-7-5-4-6-10(11)8-16/h4-7,9H,1-3H3,(H,17,20)(H,18,22). The number of benzene rings is 1. The second-order valence-electron chi connectivity index (χ2n) is 5.55. The lowest BCUT2D eigenvalue weighted by Crippen LogP contribution is -2.47. The Morgan fingerprint density at radius 1 is 1.36 bits per heavy atom. The van der Waals surface area contributed by atoms with E-state index in [1.807, 2.05) is 6.07 Å². The molecule has 2 N–H and O–H groups in total. The number of amides is 4. The van der Waals surface area contributed by atoms with E-state index in [9.17, 15) is 14.4 Å². The van der Waals surface area contributed by atoms with Crippen LogP contribution in [0.15, 0.2) is 24.3 Å². The van der Waals surface area contributed by atoms with Gasteiger partial charge in [0, 0.05) is 0 Å². The molecule has 7 heteroatoms. The number of nitriles is 1. The number of nitrogens with one attached hydrogen (secondary N) is 2. The minimum absolute atomic E-state index is 0.306. The van der Waals surface area contributed by atoms with Crippen LogP contribution in [0.1, 0.15) is 26.3 Å². The Balaban J connectivity index is 2.19. The molecule has 4 amide bonds. The van der Waals surface area contributed by atoms with Gasteiger partial charge in [-0.25, -0.2) is 9.69 Å². The van der Waals surface area contributed by atoms with Crippen LogP contribution in [0.3, 0.4) is 0 Å². The summed E-state index contributed by atoms with van der Waals surface area (Å²) < 4.78 is 0. The van der Waals surface area contributed by atoms with Crippen molar-refractivity contribution in [3.05, 3.63) is 29.8 Å². The highest BCUT2D eigenvalue weighted by Gasteiger charge is 2.47. The van der Waals surface area contributed by atoms with Crippen LogP contribution >= 0.6 is 0 Å². The van der Waals surface area contributed by atoms with Crippen LogP contribution in [0.2, 0.25) is 0 Å². The number of rotatable bonds is 3. The second-order valence-corrected chi connectivity index (χ2v) is 5.55. The van der Waals surface area contributed by atoms with E-state index in [1.165, 1.54) is 6.92 Å². The van der Waals surface area contributed by atoms with Crippen molar-refractivity contribution in [1.82, 2.24) is 10.2 Å². The number of hydrogen-bond donors (Lipinski definition) is 2. The summed E-state index contributed by atoms with van der Waals surface area (Å²) in [6.07, 6.45) is 0. The molecule has 1 saturated heterocycles. The average molecular weight is 300 g/mol. The van der Waals surface area contributed by atoms with Gasteiger partial charge in [-0.05, 0) is 32.9 Å². The Morgan fingerprint density at radius 3 is 2.55 bits per heavy atom. The first-order valence-corrected chi connectivity index (χ1v) is 6.73. The van der Waals surface area contributed by atoms with Gasteiger partial charge < -0.3 is 10.6 Å². The van der Waals surface area contributed by atoms with Gasteiger partial charge in [-0.15, -0.1) is 0 Å². The summed E-state index contributed by atoms with van der Waals surface area (Å²) in [7, 11) is 0. The van der Waals surface area contributed by atoms with Crippen molar-refractivity contribution in [2.24, 2.45) is 0 Å². The quantitative estimate of drug-likeness (QED) is 0.819. The van der Waals surface area contributed by atoms with E-state index in [0.29, 0.717) is 11.3 Å². The van der Waals surface area contributed by atoms with Crippen molar-refractivity contribution >= 4 is 23.5 Å². The van der Waals surface area contributed by atoms with Gasteiger partial charge in [0.15, 0.2) is 0 Å². The van der Waals surface area contributed by atoms with E-state index < -0.39 is 29.4 Å². The zero-order chi connectivity index (χ0) is 16.5. The van der Waals surface area contributed by atoms with Gasteiger partial charge in [-0.2, -0.15) is 5.26 Å². The van der Waals surface area contributed by atoms with E-state index in [-0.39, 0.29) is 0 Å². The van der Waals surface area contributed by atoms with Crippen LogP contribution in [0.4, 0.5) is 10.5 Å². The predicted octanol–water partition coefficient (Wildman–Crippen LogP) is 1.22. The topological polar surface area (TPSA) is 102 Å². The normalized spacial score (nSPS) is 17.6. The third-order valence-corrected chi connectivity index (χ3v) is 3.46. The molecule has 0 spiro atoms. The molecule has 1 heterocycles. The van der Waals surface area contributed by atoms with Crippen LogP contribution in [0.5, 0.6) is 0 Å². The fourth-order valence-corrected chi connectivity index (χ4v) is 2.17. The van der Waals surface area contributed by atoms with Gasteiger partial charge in [0.1, 0.15) is 17.6 Å². The fraction of sp³-hybridized carbons (Fsp3) is 0.333. The summed E-state index contributed by atoms with van der Waals surface area (Å²) in [5, 5.41) is 14.1. The lowest BCUT2D eigenvalue weighted by atomic mass is 10.1. The molecule has 1 atom stereocenters. The summed E-state index contributed by atoms with van der Waals surface area (Å²) >= 11 is 0. The largest absolute Gasteiger partial charge is 0.325 e. The summed E-state index contributed by atoms with van der Waals surface area (Å²) in [5.74, 6) is -1.00. The number of carbonyl (C=O) groups excluding carboxylic acids is 3. The Kier molecular flexibility index (Phi) is 3.87. The van der Waals surface area contributed by atoms with Crippen LogP contribution in [0, 0.1) is 11.3 Å². The Morgan fingerprint density at radius 2 is 2.00 bits per heavy atom. The summed E-state index contributed by atoms with van der Waals surface area (Å²) in [4.78, 5) is 37.2. The number of carbonyl (C=O) groups is 3. The van der Waals surface area contributed by atoms with Crippen LogP contribution in [0.25, 0.3) is 0 Å². The smallest absolute Gasteiger partial charge is 0.324 e. The lowest BCUT2D eigenvalue weighted by Gasteiger charge is -2.22. The molecule has 0 bridgehead atoms. The van der Waals surface area contributed by atoms with Gasteiger partial charge in [0.2, 0.25) is 5.91 Å². The number of imide groups is 1. The molecular formula is C15H16N4O3. The van der Waals surface area contributed by atoms with Gasteiger partial charge in [0.05, 0.1) is 11.3 Å². The lowest BCUT2D eigenvalue weighted by molar-refractivity contribution is -0.135. The molecule has 114 valence electrons. The molecule has 0 radical (unpaired) electrons. The highest BCUT2D eigenvalue weighted by Crippen LogP contribution is 2.20. The monoisotopic (exact) mass is 300 g/mol. The molecular weight excluding hydrogens is 284 g/mol. The molecule has 1 aliphatic rings. The van der Waals surface area contributed by atoms with Gasteiger partial charge in [-0.1, -0.05) is 12.1 Å². The first kappa shape index (κ1) is 15.5. The molecule has 1 fully saturated rings. The van der Waals surface area contributed by atoms with Crippen LogP contribution in [-0.2, 0) is 9.59 Å². The van der Waals surface area contributed by atoms with Crippen molar-refractivity contribution in [1.29, 1.82) is 5.26 Å². The number of para-hydroxylation sites is 1. The van der Waals surface area contributed by atoms with E-state index in [1.54, 1.807) is 38.1 Å². The Labute approximate surface area is 127 Å². The zero-order valence-corrected chi connectivity index (χ0v) is 12.5. The molecule has 0 aliphatic carbocycles. The molecule has 0 saturated carbocycles. The van der Waals surface area contributed by atoms with Crippen molar-refractivity contribution in [2.45, 2.75) is 32.4 Å². The Bertz CT molecular complexity index is 690. The maximum absolute atomic E-state index is 12.3. The van der Waals surface area contributed by atoms with Gasteiger partial charge >= 0.3 is 6.03 Å². The highest BCUT2D eigenvalue weighted by atomic mass is 16.2. The maximum atomic E-state index is 12.3. The van der Waals surface area contributed by atoms with Crippen LogP contribution < -0.4 is 10.6 Å². The SMILES string of the molecule is CC(C(=O)Nc1ccccc1C#N)N1C(=O)NC(C)(C)C1=O. The minimum atomic E-state index is -1.03. The fourth-order valence-electron chi connectivity index (χ4n) is 2.17. The first-order chi connectivity index (χ1) is 10.3. The van der Waals surface area contributed by atoms with Crippen molar-refractivity contribution in [2.75, 3.05) is 5.32 Å². The molecule has 1 aromatic rings. The third-order valence-electron chi connectivity index (χ3n) is 3.46. The molecule has 2 rings (SSSR count). The molecule has 0 aromatic heterocycles. The van der Waals surface area contributed by atoms with E-state index in [4.69, 9.17) is 5.26 Å². The summed E-state index contributed by atoms with van der Waals surface area (Å²) in [6.45, 7) is 4.61. The van der Waals surface area contributed by atoms with Gasteiger partial charge in [0.25, 0.3) is 5.91 Å².